The van der Waals surface area contributed by atoms with Crippen LogP contribution in [0.15, 0.2) is 6.20 Å². The van der Waals surface area contributed by atoms with E-state index in [4.69, 9.17) is 10.5 Å². The number of nitrogens with zero attached hydrogens (tertiary/aromatic N) is 3. The van der Waals surface area contributed by atoms with Gasteiger partial charge in [-0.25, -0.2) is 4.98 Å². The summed E-state index contributed by atoms with van der Waals surface area (Å²) >= 11 is 0. The smallest absolute Gasteiger partial charge is 0.152 e. The maximum absolute atomic E-state index is 5.71. The molecule has 0 spiro atoms. The van der Waals surface area contributed by atoms with Crippen LogP contribution in [0, 0.1) is 0 Å². The predicted octanol–water partition coefficient (Wildman–Crippen LogP) is 1.00. The van der Waals surface area contributed by atoms with E-state index in [0.29, 0.717) is 12.2 Å². The molecule has 0 amide bonds. The molecular weight excluding hydrogens is 204 g/mol. The molecule has 2 heterocycles. The first-order chi connectivity index (χ1) is 7.75. The van der Waals surface area contributed by atoms with Crippen molar-refractivity contribution >= 4 is 0 Å². The average Bonchev–Trinajstić information content (AvgIpc) is 2.30. The van der Waals surface area contributed by atoms with Crippen LogP contribution in [-0.4, -0.2) is 27.8 Å². The summed E-state index contributed by atoms with van der Waals surface area (Å²) in [5.41, 5.74) is 6.61. The van der Waals surface area contributed by atoms with E-state index in [9.17, 15) is 0 Å². The lowest BCUT2D eigenvalue weighted by Crippen LogP contribution is -2.21. The Labute approximate surface area is 95.4 Å². The first-order valence-electron chi connectivity index (χ1n) is 5.81. The van der Waals surface area contributed by atoms with E-state index in [1.165, 1.54) is 6.42 Å². The van der Waals surface area contributed by atoms with Crippen molar-refractivity contribution in [2.24, 2.45) is 5.73 Å². The van der Waals surface area contributed by atoms with Gasteiger partial charge in [0, 0.05) is 19.1 Å². The molecule has 16 heavy (non-hydrogen) atoms. The highest BCUT2D eigenvalue weighted by atomic mass is 16.5. The highest BCUT2D eigenvalue weighted by molar-refractivity contribution is 5.02. The highest BCUT2D eigenvalue weighted by Crippen LogP contribution is 2.25. The van der Waals surface area contributed by atoms with Gasteiger partial charge in [0.05, 0.1) is 11.9 Å². The van der Waals surface area contributed by atoms with Crippen molar-refractivity contribution in [3.05, 3.63) is 17.7 Å². The Hall–Kier alpha value is -1.07. The van der Waals surface area contributed by atoms with Gasteiger partial charge in [-0.3, -0.25) is 0 Å². The van der Waals surface area contributed by atoms with Crippen molar-refractivity contribution in [1.82, 2.24) is 15.2 Å². The van der Waals surface area contributed by atoms with Crippen LogP contribution in [0.25, 0.3) is 0 Å². The minimum atomic E-state index is 0.0596. The van der Waals surface area contributed by atoms with Crippen LogP contribution in [0.1, 0.15) is 43.8 Å². The molecule has 1 aromatic rings. The molecule has 2 atom stereocenters. The molecule has 88 valence electrons. The second-order valence-corrected chi connectivity index (χ2v) is 4.33. The van der Waals surface area contributed by atoms with Gasteiger partial charge in [0.1, 0.15) is 6.10 Å². The van der Waals surface area contributed by atoms with Gasteiger partial charge in [0.15, 0.2) is 5.82 Å². The fraction of sp³-hybridized carbons (Fsp3) is 0.727. The van der Waals surface area contributed by atoms with Crippen LogP contribution in [0.2, 0.25) is 0 Å². The summed E-state index contributed by atoms with van der Waals surface area (Å²) in [6.45, 7) is 2.75. The van der Waals surface area contributed by atoms with Gasteiger partial charge in [-0.2, -0.15) is 5.10 Å². The minimum Gasteiger partial charge on any atom is -0.372 e. The number of hydrogen-bond donors (Lipinski definition) is 1. The van der Waals surface area contributed by atoms with E-state index in [0.717, 1.165) is 25.1 Å². The van der Waals surface area contributed by atoms with Crippen molar-refractivity contribution in [3.63, 3.8) is 0 Å². The Kier molecular flexibility index (Phi) is 3.79. The number of hydrogen-bond acceptors (Lipinski definition) is 5. The first-order valence-corrected chi connectivity index (χ1v) is 5.81. The molecule has 1 aromatic heterocycles. The quantitative estimate of drug-likeness (QED) is 0.826. The monoisotopic (exact) mass is 222 g/mol. The van der Waals surface area contributed by atoms with Gasteiger partial charge in [-0.05, 0) is 26.2 Å². The zero-order chi connectivity index (χ0) is 11.4. The molecule has 0 bridgehead atoms. The highest BCUT2D eigenvalue weighted by Gasteiger charge is 2.18. The fourth-order valence-corrected chi connectivity index (χ4v) is 1.86. The van der Waals surface area contributed by atoms with E-state index < -0.39 is 0 Å². The Balaban J connectivity index is 2.08. The van der Waals surface area contributed by atoms with E-state index in [-0.39, 0.29) is 12.1 Å². The molecule has 0 radical (unpaired) electrons. The van der Waals surface area contributed by atoms with Crippen molar-refractivity contribution in [1.29, 1.82) is 0 Å². The van der Waals surface area contributed by atoms with Gasteiger partial charge in [0.2, 0.25) is 0 Å². The molecule has 1 saturated heterocycles. The Bertz CT molecular complexity index is 337. The fourth-order valence-electron chi connectivity index (χ4n) is 1.86. The summed E-state index contributed by atoms with van der Waals surface area (Å²) in [6.07, 6.45) is 5.81. The second-order valence-electron chi connectivity index (χ2n) is 4.33. The molecule has 5 nitrogen and oxygen atoms in total. The van der Waals surface area contributed by atoms with Crippen LogP contribution in [0.3, 0.4) is 0 Å². The molecular formula is C11H18N4O. The molecule has 1 aliphatic heterocycles. The Morgan fingerprint density at radius 3 is 3.12 bits per heavy atom. The molecule has 0 aromatic carbocycles. The maximum atomic E-state index is 5.71. The second kappa shape index (κ2) is 5.32. The molecule has 0 saturated carbocycles. The summed E-state index contributed by atoms with van der Waals surface area (Å²) in [5.74, 6) is 0.710. The molecule has 0 aliphatic carbocycles. The largest absolute Gasteiger partial charge is 0.372 e. The maximum Gasteiger partial charge on any atom is 0.152 e. The number of nitrogens with two attached hydrogens (primary N) is 1. The lowest BCUT2D eigenvalue weighted by molar-refractivity contribution is 0.0118. The topological polar surface area (TPSA) is 73.9 Å². The van der Waals surface area contributed by atoms with Gasteiger partial charge in [-0.15, -0.1) is 5.10 Å². The van der Waals surface area contributed by atoms with Crippen molar-refractivity contribution < 1.29 is 4.74 Å². The molecule has 5 heteroatoms. The third kappa shape index (κ3) is 2.96. The third-order valence-corrected chi connectivity index (χ3v) is 2.64. The standard InChI is InChI=1S/C11H18N4O/c1-8(12)6-11-14-9(7-13-15-11)10-4-2-3-5-16-10/h7-8,10H,2-6,12H2,1H3. The van der Waals surface area contributed by atoms with Crippen molar-refractivity contribution in [2.45, 2.75) is 44.8 Å². The summed E-state index contributed by atoms with van der Waals surface area (Å²) in [7, 11) is 0. The van der Waals surface area contributed by atoms with Crippen LogP contribution in [0.4, 0.5) is 0 Å². The van der Waals surface area contributed by atoms with Crippen LogP contribution in [-0.2, 0) is 11.2 Å². The molecule has 2 unspecified atom stereocenters. The molecule has 2 N–H and O–H groups in total. The summed E-state index contributed by atoms with van der Waals surface area (Å²) in [4.78, 5) is 4.46. The Morgan fingerprint density at radius 1 is 1.56 bits per heavy atom. The lowest BCUT2D eigenvalue weighted by Gasteiger charge is -2.21. The summed E-state index contributed by atoms with van der Waals surface area (Å²) in [5, 5.41) is 7.94. The van der Waals surface area contributed by atoms with Crippen LogP contribution >= 0.6 is 0 Å². The zero-order valence-electron chi connectivity index (χ0n) is 9.59. The van der Waals surface area contributed by atoms with Crippen molar-refractivity contribution in [3.8, 4) is 0 Å². The average molecular weight is 222 g/mol. The normalized spacial score (nSPS) is 23.0. The first kappa shape index (κ1) is 11.4. The zero-order valence-corrected chi connectivity index (χ0v) is 9.59. The molecule has 1 fully saturated rings. The number of ether oxygens (including phenoxy) is 1. The van der Waals surface area contributed by atoms with Gasteiger partial charge >= 0.3 is 0 Å². The summed E-state index contributed by atoms with van der Waals surface area (Å²) in [6, 6.07) is 0.0596. The van der Waals surface area contributed by atoms with Gasteiger partial charge in [-0.1, -0.05) is 0 Å². The van der Waals surface area contributed by atoms with Crippen LogP contribution in [0.5, 0.6) is 0 Å². The third-order valence-electron chi connectivity index (χ3n) is 2.64. The number of rotatable bonds is 3. The van der Waals surface area contributed by atoms with E-state index in [1.807, 2.05) is 6.92 Å². The minimum absolute atomic E-state index is 0.0596. The molecule has 2 rings (SSSR count). The van der Waals surface area contributed by atoms with Gasteiger partial charge < -0.3 is 10.5 Å². The lowest BCUT2D eigenvalue weighted by atomic mass is 10.1. The van der Waals surface area contributed by atoms with Crippen LogP contribution < -0.4 is 5.73 Å². The summed E-state index contributed by atoms with van der Waals surface area (Å²) < 4.78 is 5.66. The van der Waals surface area contributed by atoms with E-state index >= 15 is 0 Å². The van der Waals surface area contributed by atoms with E-state index in [1.54, 1.807) is 6.20 Å². The molecule has 1 aliphatic rings. The van der Waals surface area contributed by atoms with Crippen molar-refractivity contribution in [2.75, 3.05) is 6.61 Å². The SMILES string of the molecule is CC(N)Cc1nncc(C2CCCCO2)n1. The van der Waals surface area contributed by atoms with E-state index in [2.05, 4.69) is 15.2 Å². The number of aromatic nitrogens is 3. The van der Waals surface area contributed by atoms with Gasteiger partial charge in [0.25, 0.3) is 0 Å². The predicted molar refractivity (Wildman–Crippen MR) is 59.7 cm³/mol. The Morgan fingerprint density at radius 2 is 2.44 bits per heavy atom.